The third-order valence-electron chi connectivity index (χ3n) is 2.95. The van der Waals surface area contributed by atoms with E-state index in [1.54, 1.807) is 6.33 Å². The fourth-order valence-electron chi connectivity index (χ4n) is 2.12. The van der Waals surface area contributed by atoms with Crippen molar-refractivity contribution >= 4 is 38.6 Å². The average Bonchev–Trinajstić information content (AvgIpc) is 2.81. The minimum absolute atomic E-state index is 0.0830. The van der Waals surface area contributed by atoms with Gasteiger partial charge in [-0.1, -0.05) is 22.0 Å². The van der Waals surface area contributed by atoms with Crippen molar-refractivity contribution in [3.63, 3.8) is 0 Å². The minimum atomic E-state index is -0.0830. The number of carbonyl (C=O) groups excluding carboxylic acids is 1. The van der Waals surface area contributed by atoms with E-state index in [4.69, 9.17) is 0 Å². The summed E-state index contributed by atoms with van der Waals surface area (Å²) in [5.74, 6) is -0.0830. The molecule has 0 fully saturated rings. The normalized spacial score (nSPS) is 10.7. The molecule has 3 rings (SSSR count). The van der Waals surface area contributed by atoms with Gasteiger partial charge in [0.05, 0.1) is 11.0 Å². The van der Waals surface area contributed by atoms with Crippen LogP contribution in [0.3, 0.4) is 0 Å². The summed E-state index contributed by atoms with van der Waals surface area (Å²) < 4.78 is 3.00. The van der Waals surface area contributed by atoms with Gasteiger partial charge in [-0.05, 0) is 36.4 Å². The van der Waals surface area contributed by atoms with Gasteiger partial charge >= 0.3 is 0 Å². The molecule has 4 nitrogen and oxygen atoms in total. The van der Waals surface area contributed by atoms with Crippen LogP contribution >= 0.6 is 15.9 Å². The van der Waals surface area contributed by atoms with E-state index >= 15 is 0 Å². The summed E-state index contributed by atoms with van der Waals surface area (Å²) in [5, 5.41) is 2.78. The molecule has 5 heteroatoms. The molecule has 0 bridgehead atoms. The van der Waals surface area contributed by atoms with Gasteiger partial charge in [-0.3, -0.25) is 9.36 Å². The van der Waals surface area contributed by atoms with Crippen LogP contribution in [0.2, 0.25) is 0 Å². The molecular weight excluding hydrogens is 318 g/mol. The zero-order valence-electron chi connectivity index (χ0n) is 10.8. The summed E-state index contributed by atoms with van der Waals surface area (Å²) in [6.07, 6.45) is 1.78. The third-order valence-corrected chi connectivity index (χ3v) is 3.45. The molecule has 0 unspecified atom stereocenters. The molecule has 0 spiro atoms. The summed E-state index contributed by atoms with van der Waals surface area (Å²) in [7, 11) is 0. The van der Waals surface area contributed by atoms with Crippen molar-refractivity contribution < 1.29 is 4.79 Å². The molecule has 0 aliphatic rings. The molecule has 1 amide bonds. The Morgan fingerprint density at radius 3 is 2.90 bits per heavy atom. The van der Waals surface area contributed by atoms with Crippen molar-refractivity contribution in [1.29, 1.82) is 0 Å². The van der Waals surface area contributed by atoms with E-state index in [1.165, 1.54) is 6.92 Å². The zero-order chi connectivity index (χ0) is 14.1. The van der Waals surface area contributed by atoms with Crippen LogP contribution in [0, 0.1) is 0 Å². The summed E-state index contributed by atoms with van der Waals surface area (Å²) in [4.78, 5) is 15.5. The first-order valence-electron chi connectivity index (χ1n) is 6.14. The molecule has 0 atom stereocenters. The highest BCUT2D eigenvalue weighted by Crippen LogP contribution is 2.23. The smallest absolute Gasteiger partial charge is 0.221 e. The maximum absolute atomic E-state index is 11.1. The number of benzene rings is 2. The molecule has 1 N–H and O–H groups in total. The molecule has 20 heavy (non-hydrogen) atoms. The van der Waals surface area contributed by atoms with E-state index in [9.17, 15) is 4.79 Å². The molecule has 0 radical (unpaired) electrons. The Kier molecular flexibility index (Phi) is 3.28. The monoisotopic (exact) mass is 329 g/mol. The Morgan fingerprint density at radius 1 is 1.25 bits per heavy atom. The topological polar surface area (TPSA) is 46.9 Å². The maximum Gasteiger partial charge on any atom is 0.221 e. The lowest BCUT2D eigenvalue weighted by molar-refractivity contribution is -0.114. The van der Waals surface area contributed by atoms with Gasteiger partial charge in [-0.25, -0.2) is 4.98 Å². The van der Waals surface area contributed by atoms with E-state index in [0.29, 0.717) is 0 Å². The second-order valence-corrected chi connectivity index (χ2v) is 5.39. The van der Waals surface area contributed by atoms with Crippen molar-refractivity contribution in [3.05, 3.63) is 53.3 Å². The maximum atomic E-state index is 11.1. The highest BCUT2D eigenvalue weighted by atomic mass is 79.9. The van der Waals surface area contributed by atoms with Gasteiger partial charge in [0, 0.05) is 22.8 Å². The largest absolute Gasteiger partial charge is 0.326 e. The summed E-state index contributed by atoms with van der Waals surface area (Å²) in [6, 6.07) is 13.6. The minimum Gasteiger partial charge on any atom is -0.326 e. The van der Waals surface area contributed by atoms with Crippen LogP contribution in [-0.4, -0.2) is 15.5 Å². The van der Waals surface area contributed by atoms with Gasteiger partial charge < -0.3 is 5.32 Å². The van der Waals surface area contributed by atoms with E-state index in [2.05, 4.69) is 26.2 Å². The number of amides is 1. The van der Waals surface area contributed by atoms with Crippen LogP contribution in [-0.2, 0) is 4.79 Å². The summed E-state index contributed by atoms with van der Waals surface area (Å²) >= 11 is 3.47. The van der Waals surface area contributed by atoms with E-state index in [-0.39, 0.29) is 5.91 Å². The van der Waals surface area contributed by atoms with Gasteiger partial charge in [0.2, 0.25) is 5.91 Å². The standard InChI is InChI=1S/C15H12BrN3O/c1-10(20)18-12-3-2-4-13(8-12)19-9-17-14-6-5-11(16)7-15(14)19/h2-9H,1H3,(H,18,20). The Labute approximate surface area is 124 Å². The molecule has 0 saturated heterocycles. The predicted octanol–water partition coefficient (Wildman–Crippen LogP) is 3.75. The Hall–Kier alpha value is -2.14. The lowest BCUT2D eigenvalue weighted by atomic mass is 10.2. The van der Waals surface area contributed by atoms with Crippen molar-refractivity contribution in [2.45, 2.75) is 6.92 Å². The molecule has 0 aliphatic carbocycles. The number of hydrogen-bond donors (Lipinski definition) is 1. The van der Waals surface area contributed by atoms with Crippen LogP contribution in [0.25, 0.3) is 16.7 Å². The van der Waals surface area contributed by atoms with Crippen LogP contribution < -0.4 is 5.32 Å². The lowest BCUT2D eigenvalue weighted by Gasteiger charge is -2.07. The van der Waals surface area contributed by atoms with Crippen LogP contribution in [0.15, 0.2) is 53.3 Å². The number of nitrogens with zero attached hydrogens (tertiary/aromatic N) is 2. The number of hydrogen-bond acceptors (Lipinski definition) is 2. The van der Waals surface area contributed by atoms with Gasteiger partial charge in [-0.2, -0.15) is 0 Å². The fraction of sp³-hybridized carbons (Fsp3) is 0.0667. The molecular formula is C15H12BrN3O. The molecule has 1 aromatic heterocycles. The zero-order valence-corrected chi connectivity index (χ0v) is 12.4. The highest BCUT2D eigenvalue weighted by molar-refractivity contribution is 9.10. The van der Waals surface area contributed by atoms with Crippen LogP contribution in [0.4, 0.5) is 5.69 Å². The molecule has 3 aromatic rings. The van der Waals surface area contributed by atoms with E-state index in [0.717, 1.165) is 26.9 Å². The summed E-state index contributed by atoms with van der Waals surface area (Å²) in [5.41, 5.74) is 3.67. The van der Waals surface area contributed by atoms with Crippen molar-refractivity contribution in [1.82, 2.24) is 9.55 Å². The van der Waals surface area contributed by atoms with E-state index < -0.39 is 0 Å². The Bertz CT molecular complexity index is 795. The summed E-state index contributed by atoms with van der Waals surface area (Å²) in [6.45, 7) is 1.50. The number of nitrogens with one attached hydrogen (secondary N) is 1. The van der Waals surface area contributed by atoms with Crippen molar-refractivity contribution in [3.8, 4) is 5.69 Å². The van der Waals surface area contributed by atoms with Crippen LogP contribution in [0.5, 0.6) is 0 Å². The Morgan fingerprint density at radius 2 is 2.10 bits per heavy atom. The number of imidazole rings is 1. The second-order valence-electron chi connectivity index (χ2n) is 4.48. The van der Waals surface area contributed by atoms with Gasteiger partial charge in [0.15, 0.2) is 0 Å². The predicted molar refractivity (Wildman–Crippen MR) is 83.1 cm³/mol. The highest BCUT2D eigenvalue weighted by Gasteiger charge is 2.06. The molecule has 0 aliphatic heterocycles. The number of fused-ring (bicyclic) bond motifs is 1. The average molecular weight is 330 g/mol. The lowest BCUT2D eigenvalue weighted by Crippen LogP contribution is -2.06. The number of rotatable bonds is 2. The number of anilines is 1. The van der Waals surface area contributed by atoms with Crippen LogP contribution in [0.1, 0.15) is 6.92 Å². The first kappa shape index (κ1) is 12.9. The van der Waals surface area contributed by atoms with Crippen molar-refractivity contribution in [2.75, 3.05) is 5.32 Å². The molecule has 100 valence electrons. The van der Waals surface area contributed by atoms with Crippen molar-refractivity contribution in [2.24, 2.45) is 0 Å². The molecule has 0 saturated carbocycles. The Balaban J connectivity index is 2.11. The third kappa shape index (κ3) is 2.44. The number of carbonyl (C=O) groups is 1. The SMILES string of the molecule is CC(=O)Nc1cccc(-n2cnc3ccc(Br)cc32)c1. The van der Waals surface area contributed by atoms with E-state index in [1.807, 2.05) is 47.0 Å². The first-order chi connectivity index (χ1) is 9.63. The van der Waals surface area contributed by atoms with Gasteiger partial charge in [-0.15, -0.1) is 0 Å². The quantitative estimate of drug-likeness (QED) is 0.778. The number of aromatic nitrogens is 2. The molecule has 1 heterocycles. The molecule has 2 aromatic carbocycles. The fourth-order valence-corrected chi connectivity index (χ4v) is 2.47. The second kappa shape index (κ2) is 5.09. The number of halogens is 1. The first-order valence-corrected chi connectivity index (χ1v) is 6.93. The van der Waals surface area contributed by atoms with Gasteiger partial charge in [0.1, 0.15) is 6.33 Å². The van der Waals surface area contributed by atoms with Gasteiger partial charge in [0.25, 0.3) is 0 Å².